The zero-order valence-corrected chi connectivity index (χ0v) is 12.7. The van der Waals surface area contributed by atoms with Crippen molar-refractivity contribution in [1.29, 1.82) is 5.26 Å². The number of ether oxygens (including phenoxy) is 1. The summed E-state index contributed by atoms with van der Waals surface area (Å²) in [6.07, 6.45) is 3.50. The quantitative estimate of drug-likeness (QED) is 0.822. The number of nitriles is 1. The molecule has 0 spiro atoms. The zero-order valence-electron chi connectivity index (χ0n) is 12.7. The molecule has 0 radical (unpaired) electrons. The van der Waals surface area contributed by atoms with Gasteiger partial charge in [0.05, 0.1) is 19.6 Å². The lowest BCUT2D eigenvalue weighted by Crippen LogP contribution is -2.31. The summed E-state index contributed by atoms with van der Waals surface area (Å²) in [5.41, 5.74) is 1.05. The number of carbonyl (C=O) groups excluding carboxylic acids is 1. The van der Waals surface area contributed by atoms with E-state index in [9.17, 15) is 9.18 Å². The first kappa shape index (κ1) is 16.4. The molecule has 0 saturated carbocycles. The summed E-state index contributed by atoms with van der Waals surface area (Å²) >= 11 is 0. The fraction of sp³-hybridized carbons (Fsp3) is 0.235. The standard InChI is InChI=1S/C17H16FN3O2/c1-23-16-6-5-14(10-15(16)18)17(22)21(9-3-7-19)12-13-4-2-8-20-11-13/h2,4-6,8,10-11H,3,9,12H2,1H3. The lowest BCUT2D eigenvalue weighted by atomic mass is 10.1. The maximum absolute atomic E-state index is 13.8. The molecule has 5 nitrogen and oxygen atoms in total. The second-order valence-corrected chi connectivity index (χ2v) is 4.85. The summed E-state index contributed by atoms with van der Waals surface area (Å²) in [7, 11) is 1.36. The molecule has 1 aromatic heterocycles. The van der Waals surface area contributed by atoms with E-state index in [1.165, 1.54) is 24.1 Å². The Bertz CT molecular complexity index is 714. The van der Waals surface area contributed by atoms with E-state index >= 15 is 0 Å². The minimum absolute atomic E-state index is 0.0809. The van der Waals surface area contributed by atoms with Crippen molar-refractivity contribution in [2.45, 2.75) is 13.0 Å². The SMILES string of the molecule is COc1ccc(C(=O)N(CCC#N)Cc2cccnc2)cc1F. The van der Waals surface area contributed by atoms with E-state index in [0.717, 1.165) is 11.6 Å². The smallest absolute Gasteiger partial charge is 0.254 e. The van der Waals surface area contributed by atoms with Crippen LogP contribution in [-0.4, -0.2) is 29.4 Å². The molecule has 0 atom stereocenters. The van der Waals surface area contributed by atoms with Crippen LogP contribution in [0.15, 0.2) is 42.7 Å². The topological polar surface area (TPSA) is 66.2 Å². The van der Waals surface area contributed by atoms with Crippen molar-refractivity contribution in [2.75, 3.05) is 13.7 Å². The van der Waals surface area contributed by atoms with Crippen LogP contribution in [0.1, 0.15) is 22.3 Å². The number of benzene rings is 1. The Morgan fingerprint density at radius 1 is 1.43 bits per heavy atom. The van der Waals surface area contributed by atoms with Gasteiger partial charge in [-0.1, -0.05) is 6.07 Å². The number of rotatable bonds is 6. The van der Waals surface area contributed by atoms with Crippen molar-refractivity contribution in [3.63, 3.8) is 0 Å². The van der Waals surface area contributed by atoms with E-state index in [-0.39, 0.29) is 30.2 Å². The van der Waals surface area contributed by atoms with Crippen LogP contribution in [0.5, 0.6) is 5.75 Å². The Morgan fingerprint density at radius 3 is 2.87 bits per heavy atom. The third-order valence-electron chi connectivity index (χ3n) is 3.28. The summed E-state index contributed by atoms with van der Waals surface area (Å²) in [5.74, 6) is -0.858. The Morgan fingerprint density at radius 2 is 2.26 bits per heavy atom. The van der Waals surface area contributed by atoms with Crippen LogP contribution in [-0.2, 0) is 6.54 Å². The molecule has 0 aliphatic carbocycles. The molecule has 1 aromatic carbocycles. The fourth-order valence-electron chi connectivity index (χ4n) is 2.13. The Hall–Kier alpha value is -2.94. The van der Waals surface area contributed by atoms with E-state index in [4.69, 9.17) is 10.00 Å². The number of hydrogen-bond donors (Lipinski definition) is 0. The van der Waals surface area contributed by atoms with Gasteiger partial charge in [-0.05, 0) is 29.8 Å². The maximum Gasteiger partial charge on any atom is 0.254 e. The van der Waals surface area contributed by atoms with Gasteiger partial charge in [-0.2, -0.15) is 5.26 Å². The molecular formula is C17H16FN3O2. The normalized spacial score (nSPS) is 9.96. The molecule has 118 valence electrons. The number of aromatic nitrogens is 1. The molecule has 2 rings (SSSR count). The number of pyridine rings is 1. The van der Waals surface area contributed by atoms with Crippen molar-refractivity contribution in [3.05, 3.63) is 59.7 Å². The number of carbonyl (C=O) groups is 1. The summed E-state index contributed by atoms with van der Waals surface area (Å²) in [6, 6.07) is 9.69. The first-order valence-corrected chi connectivity index (χ1v) is 7.04. The second-order valence-electron chi connectivity index (χ2n) is 4.85. The highest BCUT2D eigenvalue weighted by Gasteiger charge is 2.18. The molecule has 0 fully saturated rings. The third kappa shape index (κ3) is 4.27. The van der Waals surface area contributed by atoms with E-state index in [2.05, 4.69) is 4.98 Å². The summed E-state index contributed by atoms with van der Waals surface area (Å²) in [5, 5.41) is 8.77. The van der Waals surface area contributed by atoms with Gasteiger partial charge in [-0.3, -0.25) is 9.78 Å². The first-order valence-electron chi connectivity index (χ1n) is 7.04. The summed E-state index contributed by atoms with van der Waals surface area (Å²) in [4.78, 5) is 18.1. The predicted molar refractivity (Wildman–Crippen MR) is 82.2 cm³/mol. The number of nitrogens with zero attached hydrogens (tertiary/aromatic N) is 3. The highest BCUT2D eigenvalue weighted by atomic mass is 19.1. The highest BCUT2D eigenvalue weighted by molar-refractivity contribution is 5.94. The summed E-state index contributed by atoms with van der Waals surface area (Å²) < 4.78 is 18.6. The Balaban J connectivity index is 2.22. The van der Waals surface area contributed by atoms with Crippen LogP contribution < -0.4 is 4.74 Å². The van der Waals surface area contributed by atoms with Gasteiger partial charge < -0.3 is 9.64 Å². The summed E-state index contributed by atoms with van der Waals surface area (Å²) in [6.45, 7) is 0.569. The van der Waals surface area contributed by atoms with Gasteiger partial charge in [0.25, 0.3) is 5.91 Å². The monoisotopic (exact) mass is 313 g/mol. The molecule has 0 N–H and O–H groups in total. The number of hydrogen-bond acceptors (Lipinski definition) is 4. The second kappa shape index (κ2) is 7.90. The Kier molecular flexibility index (Phi) is 5.64. The minimum Gasteiger partial charge on any atom is -0.494 e. The molecule has 0 unspecified atom stereocenters. The van der Waals surface area contributed by atoms with Crippen molar-refractivity contribution in [1.82, 2.24) is 9.88 Å². The van der Waals surface area contributed by atoms with Gasteiger partial charge in [0.15, 0.2) is 11.6 Å². The molecular weight excluding hydrogens is 297 g/mol. The van der Waals surface area contributed by atoms with Crippen molar-refractivity contribution in [3.8, 4) is 11.8 Å². The van der Waals surface area contributed by atoms with Gasteiger partial charge in [-0.15, -0.1) is 0 Å². The van der Waals surface area contributed by atoms with Crippen molar-refractivity contribution < 1.29 is 13.9 Å². The van der Waals surface area contributed by atoms with E-state index in [0.29, 0.717) is 6.54 Å². The van der Waals surface area contributed by atoms with Gasteiger partial charge in [-0.25, -0.2) is 4.39 Å². The predicted octanol–water partition coefficient (Wildman–Crippen LogP) is 2.79. The minimum atomic E-state index is -0.597. The average Bonchev–Trinajstić information content (AvgIpc) is 2.58. The molecule has 0 bridgehead atoms. The lowest BCUT2D eigenvalue weighted by molar-refractivity contribution is 0.0746. The maximum atomic E-state index is 13.8. The molecule has 23 heavy (non-hydrogen) atoms. The van der Waals surface area contributed by atoms with Gasteiger partial charge in [0, 0.05) is 31.0 Å². The third-order valence-corrected chi connectivity index (χ3v) is 3.28. The molecule has 0 aliphatic rings. The lowest BCUT2D eigenvalue weighted by Gasteiger charge is -2.22. The van der Waals surface area contributed by atoms with Crippen LogP contribution in [0.3, 0.4) is 0 Å². The number of methoxy groups -OCH3 is 1. The largest absolute Gasteiger partial charge is 0.494 e. The fourth-order valence-corrected chi connectivity index (χ4v) is 2.13. The average molecular weight is 313 g/mol. The molecule has 0 aliphatic heterocycles. The van der Waals surface area contributed by atoms with E-state index in [1.807, 2.05) is 12.1 Å². The molecule has 2 aromatic rings. The van der Waals surface area contributed by atoms with Crippen molar-refractivity contribution in [2.24, 2.45) is 0 Å². The van der Waals surface area contributed by atoms with Crippen molar-refractivity contribution >= 4 is 5.91 Å². The van der Waals surface area contributed by atoms with Gasteiger partial charge in [0.1, 0.15) is 0 Å². The van der Waals surface area contributed by atoms with Gasteiger partial charge in [0.2, 0.25) is 0 Å². The van der Waals surface area contributed by atoms with Crippen LogP contribution in [0.2, 0.25) is 0 Å². The number of amides is 1. The first-order chi connectivity index (χ1) is 11.2. The van der Waals surface area contributed by atoms with Crippen LogP contribution in [0.25, 0.3) is 0 Å². The van der Waals surface area contributed by atoms with Crippen LogP contribution >= 0.6 is 0 Å². The molecule has 0 saturated heterocycles. The van der Waals surface area contributed by atoms with Crippen LogP contribution in [0.4, 0.5) is 4.39 Å². The molecule has 6 heteroatoms. The van der Waals surface area contributed by atoms with Crippen LogP contribution in [0, 0.1) is 17.1 Å². The van der Waals surface area contributed by atoms with E-state index in [1.54, 1.807) is 18.5 Å². The molecule has 1 amide bonds. The number of halogens is 1. The zero-order chi connectivity index (χ0) is 16.7. The Labute approximate surface area is 133 Å². The van der Waals surface area contributed by atoms with Gasteiger partial charge >= 0.3 is 0 Å². The molecule has 1 heterocycles. The highest BCUT2D eigenvalue weighted by Crippen LogP contribution is 2.19. The van der Waals surface area contributed by atoms with E-state index < -0.39 is 5.82 Å².